The lowest BCUT2D eigenvalue weighted by Crippen LogP contribution is -1.97. The average Bonchev–Trinajstić information content (AvgIpc) is 3.30. The van der Waals surface area contributed by atoms with Crippen LogP contribution in [0.1, 0.15) is 0 Å². The molecule has 2 bridgehead atoms. The predicted molar refractivity (Wildman–Crippen MR) is 96.1 cm³/mol. The molecule has 0 atom stereocenters. The van der Waals surface area contributed by atoms with Crippen LogP contribution in [0, 0.1) is 0 Å². The Balaban J connectivity index is 1.63. The Kier molecular flexibility index (Phi) is 2.67. The molecule has 0 saturated heterocycles. The van der Waals surface area contributed by atoms with Crippen molar-refractivity contribution < 1.29 is 9.52 Å². The minimum absolute atomic E-state index is 0.118. The molecule has 0 saturated carbocycles. The minimum Gasteiger partial charge on any atom is -0.504 e. The summed E-state index contributed by atoms with van der Waals surface area (Å²) < 4.78 is 5.46. The van der Waals surface area contributed by atoms with Gasteiger partial charge in [-0.1, -0.05) is 12.1 Å². The second-order valence-electron chi connectivity index (χ2n) is 5.84. The highest BCUT2D eigenvalue weighted by atomic mass is 16.4. The van der Waals surface area contributed by atoms with E-state index in [0.717, 1.165) is 27.8 Å². The van der Waals surface area contributed by atoms with Crippen molar-refractivity contribution in [2.45, 2.75) is 0 Å². The number of benzene rings is 2. The van der Waals surface area contributed by atoms with Gasteiger partial charge in [-0.2, -0.15) is 5.10 Å². The molecule has 7 heteroatoms. The normalized spacial score (nSPS) is 11.5. The van der Waals surface area contributed by atoms with Crippen LogP contribution in [0.25, 0.3) is 33.3 Å². The Morgan fingerprint density at radius 2 is 2.00 bits per heavy atom. The summed E-state index contributed by atoms with van der Waals surface area (Å²) in [6.45, 7) is 0. The number of nitrogens with two attached hydrogens (primary N) is 1. The zero-order chi connectivity index (χ0) is 17.0. The summed E-state index contributed by atoms with van der Waals surface area (Å²) in [4.78, 5) is 4.42. The Bertz CT molecular complexity index is 1190. The molecule has 0 aliphatic heterocycles. The van der Waals surface area contributed by atoms with E-state index in [1.807, 2.05) is 30.3 Å². The number of hydrogen-bond donors (Lipinski definition) is 4. The summed E-state index contributed by atoms with van der Waals surface area (Å²) >= 11 is 0. The number of nitrogen functional groups attached to an aromatic ring is 1. The highest BCUT2D eigenvalue weighted by Gasteiger charge is 2.15. The number of fused-ring (bicyclic) bond motifs is 3. The molecule has 0 spiro atoms. The number of aromatic hydroxyl groups is 1. The third-order valence-electron chi connectivity index (χ3n) is 4.17. The number of pyridine rings is 1. The van der Waals surface area contributed by atoms with Crippen molar-refractivity contribution in [1.29, 1.82) is 0 Å². The monoisotopic (exact) mass is 331 g/mol. The largest absolute Gasteiger partial charge is 0.504 e. The maximum Gasteiger partial charge on any atom is 0.192 e. The quantitative estimate of drug-likeness (QED) is 0.399. The van der Waals surface area contributed by atoms with E-state index >= 15 is 0 Å². The third kappa shape index (κ3) is 2.13. The Morgan fingerprint density at radius 3 is 2.76 bits per heavy atom. The van der Waals surface area contributed by atoms with E-state index < -0.39 is 0 Å². The van der Waals surface area contributed by atoms with Crippen molar-refractivity contribution in [3.8, 4) is 17.0 Å². The maximum absolute atomic E-state index is 9.83. The van der Waals surface area contributed by atoms with Gasteiger partial charge in [0.1, 0.15) is 11.4 Å². The van der Waals surface area contributed by atoms with Gasteiger partial charge in [0.05, 0.1) is 22.6 Å². The number of furan rings is 2. The number of aromatic amines is 1. The molecule has 4 heterocycles. The number of nitrogens with zero attached hydrogens (tertiary/aromatic N) is 2. The number of rotatable bonds is 3. The fourth-order valence-electron chi connectivity index (χ4n) is 3.05. The number of H-pyrrole nitrogens is 1. The van der Waals surface area contributed by atoms with Gasteiger partial charge in [-0.15, -0.1) is 0 Å². The van der Waals surface area contributed by atoms with E-state index in [1.54, 1.807) is 18.3 Å². The molecule has 0 radical (unpaired) electrons. The summed E-state index contributed by atoms with van der Waals surface area (Å²) in [6, 6.07) is 13.0. The van der Waals surface area contributed by atoms with Crippen LogP contribution in [-0.2, 0) is 0 Å². The van der Waals surface area contributed by atoms with Crippen molar-refractivity contribution in [3.05, 3.63) is 48.7 Å². The van der Waals surface area contributed by atoms with Crippen LogP contribution in [0.5, 0.6) is 5.75 Å². The van der Waals surface area contributed by atoms with Crippen molar-refractivity contribution in [1.82, 2.24) is 15.2 Å². The Morgan fingerprint density at radius 1 is 1.08 bits per heavy atom. The molecule has 5 N–H and O–H groups in total. The lowest BCUT2D eigenvalue weighted by atomic mass is 10.1. The van der Waals surface area contributed by atoms with Crippen LogP contribution in [-0.4, -0.2) is 20.3 Å². The molecular weight excluding hydrogens is 318 g/mol. The van der Waals surface area contributed by atoms with E-state index in [0.29, 0.717) is 22.7 Å². The fourth-order valence-corrected chi connectivity index (χ4v) is 3.05. The maximum atomic E-state index is 9.83. The molecule has 0 unspecified atom stereocenters. The standard InChI is InChI=1S/C18H13N5O2/c19-17-8-14(21-15-6-10-7-16(24)18(15)25-10)11-2-1-9(5-13(11)22-17)12-3-4-20-23-12/h1-8,24H,(H,20,23)(H3,19,21,22). The summed E-state index contributed by atoms with van der Waals surface area (Å²) in [5, 5.41) is 20.9. The lowest BCUT2D eigenvalue weighted by molar-refractivity contribution is 0.476. The first kappa shape index (κ1) is 13.7. The van der Waals surface area contributed by atoms with Crippen LogP contribution < -0.4 is 11.1 Å². The van der Waals surface area contributed by atoms with E-state index in [2.05, 4.69) is 20.5 Å². The minimum atomic E-state index is 0.118. The zero-order valence-corrected chi connectivity index (χ0v) is 12.9. The molecule has 25 heavy (non-hydrogen) atoms. The second-order valence-corrected chi connectivity index (χ2v) is 5.84. The number of phenolic OH excluding ortho intramolecular Hbond substituents is 1. The van der Waals surface area contributed by atoms with Crippen LogP contribution in [0.4, 0.5) is 17.2 Å². The van der Waals surface area contributed by atoms with Gasteiger partial charge in [-0.25, -0.2) is 4.98 Å². The molecule has 5 aromatic rings. The van der Waals surface area contributed by atoms with E-state index in [4.69, 9.17) is 10.2 Å². The highest BCUT2D eigenvalue weighted by molar-refractivity contribution is 5.99. The Hall–Kier alpha value is -3.74. The number of anilines is 3. The molecule has 122 valence electrons. The van der Waals surface area contributed by atoms with E-state index in [-0.39, 0.29) is 5.75 Å². The average molecular weight is 331 g/mol. The summed E-state index contributed by atoms with van der Waals surface area (Å²) in [7, 11) is 0. The Labute approximate surface area is 141 Å². The molecule has 5 rings (SSSR count). The lowest BCUT2D eigenvalue weighted by Gasteiger charge is -2.11. The predicted octanol–water partition coefficient (Wildman–Crippen LogP) is 3.84. The first-order chi connectivity index (χ1) is 12.2. The number of aromatic nitrogens is 3. The van der Waals surface area contributed by atoms with Crippen molar-refractivity contribution in [2.75, 3.05) is 11.1 Å². The molecular formula is C18H13N5O2. The van der Waals surface area contributed by atoms with Crippen molar-refractivity contribution in [2.24, 2.45) is 0 Å². The molecule has 1 aromatic carbocycles. The van der Waals surface area contributed by atoms with Crippen LogP contribution in [0.2, 0.25) is 0 Å². The molecule has 0 aliphatic carbocycles. The topological polar surface area (TPSA) is 113 Å². The molecule has 0 amide bonds. The first-order valence-corrected chi connectivity index (χ1v) is 7.69. The van der Waals surface area contributed by atoms with Gasteiger partial charge in [-0.05, 0) is 12.1 Å². The summed E-state index contributed by atoms with van der Waals surface area (Å²) in [5.74, 6) is 0.520. The molecule has 4 aromatic heterocycles. The zero-order valence-electron chi connectivity index (χ0n) is 12.9. The van der Waals surface area contributed by atoms with Gasteiger partial charge in [0.25, 0.3) is 0 Å². The number of nitrogens with one attached hydrogen (secondary N) is 2. The van der Waals surface area contributed by atoms with Gasteiger partial charge in [0, 0.05) is 35.3 Å². The molecule has 0 aliphatic rings. The number of hydrogen-bond acceptors (Lipinski definition) is 6. The van der Waals surface area contributed by atoms with Crippen LogP contribution >= 0.6 is 0 Å². The smallest absolute Gasteiger partial charge is 0.192 e. The third-order valence-corrected chi connectivity index (χ3v) is 4.17. The van der Waals surface area contributed by atoms with Gasteiger partial charge in [0.15, 0.2) is 11.3 Å². The summed E-state index contributed by atoms with van der Waals surface area (Å²) in [5.41, 5.74) is 11.1. The first-order valence-electron chi connectivity index (χ1n) is 7.69. The highest BCUT2D eigenvalue weighted by Crippen LogP contribution is 2.39. The molecule has 7 nitrogen and oxygen atoms in total. The second kappa shape index (κ2) is 4.88. The fraction of sp³-hybridized carbons (Fsp3) is 0. The van der Waals surface area contributed by atoms with E-state index in [9.17, 15) is 5.11 Å². The van der Waals surface area contributed by atoms with Crippen molar-refractivity contribution >= 4 is 39.3 Å². The van der Waals surface area contributed by atoms with Crippen LogP contribution in [0.3, 0.4) is 0 Å². The van der Waals surface area contributed by atoms with Crippen molar-refractivity contribution in [3.63, 3.8) is 0 Å². The molecule has 0 fully saturated rings. The SMILES string of the molecule is Nc1cc(Nc2cc3cc(O)c2o3)c2ccc(-c3ccn[nH]3)cc2n1. The number of phenols is 1. The van der Waals surface area contributed by atoms with Gasteiger partial charge in [-0.3, -0.25) is 5.10 Å². The van der Waals surface area contributed by atoms with Gasteiger partial charge >= 0.3 is 0 Å². The van der Waals surface area contributed by atoms with Crippen LogP contribution in [0.15, 0.2) is 53.1 Å². The van der Waals surface area contributed by atoms with E-state index in [1.165, 1.54) is 0 Å². The van der Waals surface area contributed by atoms with Gasteiger partial charge < -0.3 is 20.6 Å². The summed E-state index contributed by atoms with van der Waals surface area (Å²) in [6.07, 6.45) is 1.70. The van der Waals surface area contributed by atoms with Gasteiger partial charge in [0.2, 0.25) is 0 Å².